The summed E-state index contributed by atoms with van der Waals surface area (Å²) < 4.78 is 27.2. The third-order valence-corrected chi connectivity index (χ3v) is 6.53. The van der Waals surface area contributed by atoms with Crippen LogP contribution in [0.15, 0.2) is 0 Å². The number of unbranched alkanes of at least 4 members (excludes halogenated alkanes) is 1. The Balaban J connectivity index is 4.06. The van der Waals surface area contributed by atoms with E-state index < -0.39 is 8.80 Å². The topological polar surface area (TPSA) is 49.4 Å². The maximum Gasteiger partial charge on any atom is 0.500 e. The molecule has 0 N–H and O–H groups in total. The molecule has 0 saturated heterocycles. The Kier molecular flexibility index (Phi) is 14.5. The Morgan fingerprint density at radius 2 is 1.41 bits per heavy atom. The molecular formula is C15H35NO5Si. The molecule has 0 heterocycles. The molecule has 0 aliphatic heterocycles. The van der Waals surface area contributed by atoms with E-state index >= 15 is 0 Å². The molecule has 0 unspecified atom stereocenters. The van der Waals surface area contributed by atoms with Gasteiger partial charge in [-0.1, -0.05) is 13.3 Å². The van der Waals surface area contributed by atoms with Crippen LogP contribution in [0, 0.1) is 0 Å². The van der Waals surface area contributed by atoms with Crippen molar-refractivity contribution >= 4 is 8.80 Å². The highest BCUT2D eigenvalue weighted by atomic mass is 28.4. The quantitative estimate of drug-likeness (QED) is 0.317. The highest BCUT2D eigenvalue weighted by Crippen LogP contribution is 2.15. The number of nitrogens with zero attached hydrogens (tertiary/aromatic N) is 1. The first-order valence-electron chi connectivity index (χ1n) is 8.12. The molecule has 0 aliphatic rings. The van der Waals surface area contributed by atoms with Crippen LogP contribution in [0.4, 0.5) is 0 Å². The normalized spacial score (nSPS) is 12.3. The molecule has 0 spiro atoms. The standard InChI is InChI=1S/C15H35NO5Si/c1-6-7-12-21-14-11-16(10-13-17-2)9-8-15-22(18-3,19-4)20-5/h6-15H2,1-5H3. The van der Waals surface area contributed by atoms with Crippen LogP contribution in [-0.2, 0) is 22.8 Å². The Hall–Kier alpha value is -0.0231. The van der Waals surface area contributed by atoms with Gasteiger partial charge in [-0.25, -0.2) is 0 Å². The van der Waals surface area contributed by atoms with E-state index in [4.69, 9.17) is 22.8 Å². The van der Waals surface area contributed by atoms with Crippen LogP contribution in [-0.4, -0.2) is 81.6 Å². The SMILES string of the molecule is CCCCOCCN(CCC[Si](OC)(OC)OC)CCOC. The molecule has 0 radical (unpaired) electrons. The number of ether oxygens (including phenoxy) is 2. The molecule has 134 valence electrons. The highest BCUT2D eigenvalue weighted by molar-refractivity contribution is 6.60. The zero-order valence-corrected chi connectivity index (χ0v) is 16.1. The third-order valence-electron chi connectivity index (χ3n) is 3.70. The van der Waals surface area contributed by atoms with Crippen molar-refractivity contribution in [3.05, 3.63) is 0 Å². The molecule has 0 aromatic rings. The fourth-order valence-corrected chi connectivity index (χ4v) is 3.88. The van der Waals surface area contributed by atoms with Gasteiger partial charge in [-0.2, -0.15) is 0 Å². The average molecular weight is 338 g/mol. The van der Waals surface area contributed by atoms with Crippen molar-refractivity contribution in [2.75, 3.05) is 67.9 Å². The summed E-state index contributed by atoms with van der Waals surface area (Å²) in [5, 5.41) is 0. The van der Waals surface area contributed by atoms with Gasteiger partial charge in [0.15, 0.2) is 0 Å². The summed E-state index contributed by atoms with van der Waals surface area (Å²) in [5.41, 5.74) is 0. The maximum absolute atomic E-state index is 5.65. The smallest absolute Gasteiger partial charge is 0.383 e. The molecule has 0 amide bonds. The van der Waals surface area contributed by atoms with Crippen LogP contribution in [0.25, 0.3) is 0 Å². The second-order valence-electron chi connectivity index (χ2n) is 5.20. The van der Waals surface area contributed by atoms with Gasteiger partial charge < -0.3 is 22.8 Å². The number of rotatable bonds is 16. The van der Waals surface area contributed by atoms with E-state index in [1.807, 2.05) is 0 Å². The van der Waals surface area contributed by atoms with Crippen LogP contribution >= 0.6 is 0 Å². The van der Waals surface area contributed by atoms with Crippen LogP contribution in [0.5, 0.6) is 0 Å². The van der Waals surface area contributed by atoms with E-state index in [2.05, 4.69) is 11.8 Å². The number of hydrogen-bond acceptors (Lipinski definition) is 6. The van der Waals surface area contributed by atoms with Gasteiger partial charge in [0.25, 0.3) is 0 Å². The van der Waals surface area contributed by atoms with Gasteiger partial charge in [0, 0.05) is 54.2 Å². The predicted molar refractivity (Wildman–Crippen MR) is 90.2 cm³/mol. The first kappa shape index (κ1) is 22.0. The van der Waals surface area contributed by atoms with E-state index in [1.165, 1.54) is 6.42 Å². The monoisotopic (exact) mass is 337 g/mol. The molecule has 0 aromatic carbocycles. The average Bonchev–Trinajstić information content (AvgIpc) is 2.56. The van der Waals surface area contributed by atoms with Gasteiger partial charge in [0.2, 0.25) is 0 Å². The predicted octanol–water partition coefficient (Wildman–Crippen LogP) is 2.02. The minimum Gasteiger partial charge on any atom is -0.383 e. The summed E-state index contributed by atoms with van der Waals surface area (Å²) in [6.45, 7) is 7.32. The fraction of sp³-hybridized carbons (Fsp3) is 1.00. The lowest BCUT2D eigenvalue weighted by Gasteiger charge is -2.26. The van der Waals surface area contributed by atoms with Crippen molar-refractivity contribution in [2.24, 2.45) is 0 Å². The lowest BCUT2D eigenvalue weighted by Crippen LogP contribution is -2.43. The van der Waals surface area contributed by atoms with E-state index in [1.54, 1.807) is 28.4 Å². The Morgan fingerprint density at radius 3 is 1.95 bits per heavy atom. The molecule has 0 saturated carbocycles. The summed E-state index contributed by atoms with van der Waals surface area (Å²) in [7, 11) is 4.25. The Bertz CT molecular complexity index is 234. The van der Waals surface area contributed by atoms with Crippen molar-refractivity contribution in [1.29, 1.82) is 0 Å². The van der Waals surface area contributed by atoms with E-state index in [0.29, 0.717) is 0 Å². The van der Waals surface area contributed by atoms with Gasteiger partial charge >= 0.3 is 8.80 Å². The zero-order valence-electron chi connectivity index (χ0n) is 15.1. The van der Waals surface area contributed by atoms with Gasteiger partial charge in [0.1, 0.15) is 0 Å². The van der Waals surface area contributed by atoms with Gasteiger partial charge in [-0.15, -0.1) is 0 Å². The number of methoxy groups -OCH3 is 1. The number of hydrogen-bond donors (Lipinski definition) is 0. The molecule has 0 bridgehead atoms. The van der Waals surface area contributed by atoms with Crippen molar-refractivity contribution in [3.8, 4) is 0 Å². The van der Waals surface area contributed by atoms with E-state index in [-0.39, 0.29) is 0 Å². The first-order valence-corrected chi connectivity index (χ1v) is 10.1. The second-order valence-corrected chi connectivity index (χ2v) is 8.29. The summed E-state index contributed by atoms with van der Waals surface area (Å²) >= 11 is 0. The molecule has 6 nitrogen and oxygen atoms in total. The minimum absolute atomic E-state index is 0.733. The summed E-state index contributed by atoms with van der Waals surface area (Å²) in [5.74, 6) is 0. The van der Waals surface area contributed by atoms with Crippen molar-refractivity contribution in [1.82, 2.24) is 4.90 Å². The molecule has 0 rings (SSSR count). The summed E-state index contributed by atoms with van der Waals surface area (Å²) in [6, 6.07) is 0.816. The molecule has 0 aromatic heterocycles. The van der Waals surface area contributed by atoms with Crippen LogP contribution in [0.3, 0.4) is 0 Å². The molecule has 22 heavy (non-hydrogen) atoms. The summed E-state index contributed by atoms with van der Waals surface area (Å²) in [6.07, 6.45) is 3.27. The van der Waals surface area contributed by atoms with Gasteiger partial charge in [0.05, 0.1) is 13.2 Å². The van der Waals surface area contributed by atoms with Crippen LogP contribution < -0.4 is 0 Å². The molecule has 0 fully saturated rings. The molecule has 0 atom stereocenters. The van der Waals surface area contributed by atoms with Crippen LogP contribution in [0.2, 0.25) is 6.04 Å². The first-order chi connectivity index (χ1) is 10.7. The Morgan fingerprint density at radius 1 is 0.773 bits per heavy atom. The largest absolute Gasteiger partial charge is 0.500 e. The third kappa shape index (κ3) is 9.89. The molecule has 7 heteroatoms. The van der Waals surface area contributed by atoms with E-state index in [0.717, 1.165) is 58.3 Å². The molecule has 0 aliphatic carbocycles. The van der Waals surface area contributed by atoms with Gasteiger partial charge in [-0.3, -0.25) is 4.90 Å². The Labute approximate surface area is 137 Å². The van der Waals surface area contributed by atoms with Gasteiger partial charge in [-0.05, 0) is 19.4 Å². The fourth-order valence-electron chi connectivity index (χ4n) is 2.17. The van der Waals surface area contributed by atoms with Crippen molar-refractivity contribution in [3.63, 3.8) is 0 Å². The maximum atomic E-state index is 5.65. The van der Waals surface area contributed by atoms with E-state index in [9.17, 15) is 0 Å². The lowest BCUT2D eigenvalue weighted by atomic mass is 10.3. The zero-order chi connectivity index (χ0) is 16.7. The lowest BCUT2D eigenvalue weighted by molar-refractivity contribution is 0.0848. The highest BCUT2D eigenvalue weighted by Gasteiger charge is 2.36. The van der Waals surface area contributed by atoms with Crippen molar-refractivity contribution in [2.45, 2.75) is 32.2 Å². The van der Waals surface area contributed by atoms with Crippen LogP contribution in [0.1, 0.15) is 26.2 Å². The second kappa shape index (κ2) is 14.6. The van der Waals surface area contributed by atoms with Crippen molar-refractivity contribution < 1.29 is 22.8 Å². The minimum atomic E-state index is -2.45. The molecular weight excluding hydrogens is 302 g/mol. The summed E-state index contributed by atoms with van der Waals surface area (Å²) in [4.78, 5) is 2.36.